The maximum atomic E-state index is 9.84. The summed E-state index contributed by atoms with van der Waals surface area (Å²) in [5.74, 6) is 3.30. The lowest BCUT2D eigenvalue weighted by Crippen LogP contribution is -1.90. The predicted molar refractivity (Wildman–Crippen MR) is 102 cm³/mol. The number of aromatic hydroxyl groups is 2. The summed E-state index contributed by atoms with van der Waals surface area (Å²) in [6.07, 6.45) is 0. The molecule has 0 fully saturated rings. The zero-order valence-corrected chi connectivity index (χ0v) is 15.3. The Bertz CT molecular complexity index is 818. The van der Waals surface area contributed by atoms with Gasteiger partial charge in [-0.05, 0) is 98.5 Å². The zero-order chi connectivity index (χ0) is 18.8. The molecule has 3 aromatic carbocycles. The summed E-state index contributed by atoms with van der Waals surface area (Å²) < 4.78 is 11.7. The molecule has 0 aliphatic rings. The molecule has 4 heteroatoms. The van der Waals surface area contributed by atoms with Gasteiger partial charge in [-0.1, -0.05) is 0 Å². The first kappa shape index (κ1) is 17.7. The second-order valence-corrected chi connectivity index (χ2v) is 6.49. The Morgan fingerprint density at radius 3 is 1.04 bits per heavy atom. The molecule has 3 aromatic rings. The Kier molecular flexibility index (Phi) is 4.76. The maximum Gasteiger partial charge on any atom is 0.128 e. The van der Waals surface area contributed by atoms with Crippen LogP contribution < -0.4 is 9.47 Å². The minimum atomic E-state index is 0.292. The summed E-state index contributed by atoms with van der Waals surface area (Å²) in [6, 6.07) is 14.5. The van der Waals surface area contributed by atoms with Gasteiger partial charge in [-0.2, -0.15) is 0 Å². The molecule has 0 amide bonds. The minimum Gasteiger partial charge on any atom is -0.507 e. The number of phenols is 2. The van der Waals surface area contributed by atoms with Crippen LogP contribution in [0.3, 0.4) is 0 Å². The molecular weight excluding hydrogens is 328 g/mol. The number of benzene rings is 3. The number of hydrogen-bond acceptors (Lipinski definition) is 4. The standard InChI is InChI=1S/C22H22O4/c1-13-9-19(10-14(2)21(13)23)25-17-5-7-18(8-6-17)26-20-11-15(3)22(24)16(4)12-20/h5-12,23-24H,1-4H3. The van der Waals surface area contributed by atoms with Crippen molar-refractivity contribution in [1.29, 1.82) is 0 Å². The first-order valence-corrected chi connectivity index (χ1v) is 8.39. The molecule has 0 aromatic heterocycles. The minimum absolute atomic E-state index is 0.292. The third kappa shape index (κ3) is 3.75. The lowest BCUT2D eigenvalue weighted by atomic mass is 10.1. The number of rotatable bonds is 4. The Balaban J connectivity index is 1.75. The van der Waals surface area contributed by atoms with Crippen molar-refractivity contribution >= 4 is 0 Å². The van der Waals surface area contributed by atoms with Crippen LogP contribution in [0.15, 0.2) is 48.5 Å². The molecule has 3 rings (SSSR count). The molecule has 0 saturated heterocycles. The van der Waals surface area contributed by atoms with E-state index in [1.165, 1.54) is 0 Å². The van der Waals surface area contributed by atoms with Crippen LogP contribution in [0.4, 0.5) is 0 Å². The quantitative estimate of drug-likeness (QED) is 0.613. The smallest absolute Gasteiger partial charge is 0.128 e. The summed E-state index contributed by atoms with van der Waals surface area (Å²) in [6.45, 7) is 7.36. The fourth-order valence-corrected chi connectivity index (χ4v) is 2.80. The number of ether oxygens (including phenoxy) is 2. The van der Waals surface area contributed by atoms with Crippen LogP contribution in [0.1, 0.15) is 22.3 Å². The van der Waals surface area contributed by atoms with Crippen molar-refractivity contribution in [1.82, 2.24) is 0 Å². The summed E-state index contributed by atoms with van der Waals surface area (Å²) in [4.78, 5) is 0. The second kappa shape index (κ2) is 7.00. The van der Waals surface area contributed by atoms with Crippen molar-refractivity contribution in [2.75, 3.05) is 0 Å². The van der Waals surface area contributed by atoms with Gasteiger partial charge in [0.1, 0.15) is 34.5 Å². The summed E-state index contributed by atoms with van der Waals surface area (Å²) in [5.41, 5.74) is 3.10. The molecule has 0 bridgehead atoms. The number of aryl methyl sites for hydroxylation is 4. The lowest BCUT2D eigenvalue weighted by Gasteiger charge is -2.12. The van der Waals surface area contributed by atoms with E-state index in [9.17, 15) is 10.2 Å². The normalized spacial score (nSPS) is 10.6. The molecule has 0 aliphatic heterocycles. The molecule has 0 unspecified atom stereocenters. The van der Waals surface area contributed by atoms with Gasteiger partial charge in [-0.3, -0.25) is 0 Å². The molecule has 0 spiro atoms. The molecule has 134 valence electrons. The molecule has 0 saturated carbocycles. The summed E-state index contributed by atoms with van der Waals surface area (Å²) in [5, 5.41) is 19.7. The molecule has 0 atom stereocenters. The van der Waals surface area contributed by atoms with Crippen molar-refractivity contribution in [3.63, 3.8) is 0 Å². The topological polar surface area (TPSA) is 58.9 Å². The van der Waals surface area contributed by atoms with E-state index >= 15 is 0 Å². The van der Waals surface area contributed by atoms with Crippen LogP contribution >= 0.6 is 0 Å². The van der Waals surface area contributed by atoms with Crippen molar-refractivity contribution in [2.24, 2.45) is 0 Å². The average Bonchev–Trinajstić information content (AvgIpc) is 2.59. The van der Waals surface area contributed by atoms with Gasteiger partial charge in [0, 0.05) is 0 Å². The SMILES string of the molecule is Cc1cc(Oc2ccc(Oc3cc(C)c(O)c(C)c3)cc2)cc(C)c1O. The van der Waals surface area contributed by atoms with E-state index in [4.69, 9.17) is 9.47 Å². The van der Waals surface area contributed by atoms with Gasteiger partial charge < -0.3 is 19.7 Å². The number of phenolic OH excluding ortho intramolecular Hbond substituents is 2. The van der Waals surface area contributed by atoms with Crippen LogP contribution in [0.2, 0.25) is 0 Å². The maximum absolute atomic E-state index is 9.84. The molecule has 0 aliphatic carbocycles. The molecule has 4 nitrogen and oxygen atoms in total. The van der Waals surface area contributed by atoms with Gasteiger partial charge in [0.05, 0.1) is 0 Å². The highest BCUT2D eigenvalue weighted by Crippen LogP contribution is 2.33. The Labute approximate surface area is 153 Å². The Morgan fingerprint density at radius 2 is 0.769 bits per heavy atom. The lowest BCUT2D eigenvalue weighted by molar-refractivity contribution is 0.452. The molecular formula is C22H22O4. The Morgan fingerprint density at radius 1 is 0.500 bits per heavy atom. The van der Waals surface area contributed by atoms with Crippen LogP contribution in [0.5, 0.6) is 34.5 Å². The molecule has 0 heterocycles. The highest BCUT2D eigenvalue weighted by molar-refractivity contribution is 5.48. The van der Waals surface area contributed by atoms with Gasteiger partial charge in [-0.15, -0.1) is 0 Å². The van der Waals surface area contributed by atoms with Crippen LogP contribution in [0, 0.1) is 27.7 Å². The van der Waals surface area contributed by atoms with E-state index in [0.29, 0.717) is 34.5 Å². The van der Waals surface area contributed by atoms with Gasteiger partial charge >= 0.3 is 0 Å². The molecule has 2 N–H and O–H groups in total. The largest absolute Gasteiger partial charge is 0.507 e. The van der Waals surface area contributed by atoms with E-state index in [1.807, 2.05) is 52.0 Å². The summed E-state index contributed by atoms with van der Waals surface area (Å²) in [7, 11) is 0. The monoisotopic (exact) mass is 350 g/mol. The van der Waals surface area contributed by atoms with Crippen LogP contribution in [-0.2, 0) is 0 Å². The highest BCUT2D eigenvalue weighted by atomic mass is 16.5. The molecule has 0 radical (unpaired) electrons. The zero-order valence-electron chi connectivity index (χ0n) is 15.3. The van der Waals surface area contributed by atoms with E-state index in [1.54, 1.807) is 24.3 Å². The molecule has 26 heavy (non-hydrogen) atoms. The van der Waals surface area contributed by atoms with Crippen LogP contribution in [-0.4, -0.2) is 10.2 Å². The highest BCUT2D eigenvalue weighted by Gasteiger charge is 2.07. The predicted octanol–water partition coefficient (Wildman–Crippen LogP) is 5.92. The van der Waals surface area contributed by atoms with Gasteiger partial charge in [0.2, 0.25) is 0 Å². The van der Waals surface area contributed by atoms with E-state index in [-0.39, 0.29) is 0 Å². The summed E-state index contributed by atoms with van der Waals surface area (Å²) >= 11 is 0. The van der Waals surface area contributed by atoms with Gasteiger partial charge in [0.15, 0.2) is 0 Å². The second-order valence-electron chi connectivity index (χ2n) is 6.49. The fourth-order valence-electron chi connectivity index (χ4n) is 2.80. The van der Waals surface area contributed by atoms with Crippen LogP contribution in [0.25, 0.3) is 0 Å². The average molecular weight is 350 g/mol. The van der Waals surface area contributed by atoms with Crippen molar-refractivity contribution in [3.05, 3.63) is 70.8 Å². The number of hydrogen-bond donors (Lipinski definition) is 2. The van der Waals surface area contributed by atoms with Gasteiger partial charge in [-0.25, -0.2) is 0 Å². The fraction of sp³-hybridized carbons (Fsp3) is 0.182. The first-order chi connectivity index (χ1) is 12.3. The van der Waals surface area contributed by atoms with Crippen molar-refractivity contribution in [3.8, 4) is 34.5 Å². The Hall–Kier alpha value is -3.14. The third-order valence-corrected chi connectivity index (χ3v) is 4.22. The van der Waals surface area contributed by atoms with Crippen molar-refractivity contribution in [2.45, 2.75) is 27.7 Å². The van der Waals surface area contributed by atoms with E-state index in [2.05, 4.69) is 0 Å². The van der Waals surface area contributed by atoms with E-state index < -0.39 is 0 Å². The van der Waals surface area contributed by atoms with Crippen molar-refractivity contribution < 1.29 is 19.7 Å². The third-order valence-electron chi connectivity index (χ3n) is 4.22. The first-order valence-electron chi connectivity index (χ1n) is 8.39. The van der Waals surface area contributed by atoms with E-state index in [0.717, 1.165) is 22.3 Å². The van der Waals surface area contributed by atoms with Gasteiger partial charge in [0.25, 0.3) is 0 Å².